The number of amides is 1. The van der Waals surface area contributed by atoms with Crippen molar-refractivity contribution in [3.8, 4) is 16.9 Å². The van der Waals surface area contributed by atoms with Crippen molar-refractivity contribution in [2.75, 3.05) is 31.6 Å². The van der Waals surface area contributed by atoms with Crippen LogP contribution in [-0.2, 0) is 0 Å². The van der Waals surface area contributed by atoms with E-state index in [0.29, 0.717) is 17.7 Å². The van der Waals surface area contributed by atoms with Crippen LogP contribution in [0.1, 0.15) is 6.92 Å². The van der Waals surface area contributed by atoms with E-state index in [4.69, 9.17) is 16.3 Å². The summed E-state index contributed by atoms with van der Waals surface area (Å²) in [7, 11) is 1.36. The largest absolute Gasteiger partial charge is 0.496 e. The Morgan fingerprint density at radius 1 is 1.26 bits per heavy atom. The fourth-order valence-corrected chi connectivity index (χ4v) is 4.22. The first kappa shape index (κ1) is 21.0. The quantitative estimate of drug-likeness (QED) is 0.638. The first-order valence-corrected chi connectivity index (χ1v) is 9.91. The number of piperazine rings is 1. The molecule has 3 aromatic rings. The van der Waals surface area contributed by atoms with E-state index >= 15 is 4.39 Å². The molecule has 1 saturated heterocycles. The highest BCUT2D eigenvalue weighted by Crippen LogP contribution is 2.42. The second-order valence-electron chi connectivity index (χ2n) is 7.23. The Hall–Kier alpha value is -3.20. The molecule has 1 amide bonds. The lowest BCUT2D eigenvalue weighted by Gasteiger charge is -2.39. The maximum Gasteiger partial charge on any atom is 0.407 e. The lowest BCUT2D eigenvalue weighted by Crippen LogP contribution is -2.53. The first-order chi connectivity index (χ1) is 14.8. The molecule has 1 fully saturated rings. The van der Waals surface area contributed by atoms with Crippen LogP contribution in [0.25, 0.3) is 22.0 Å². The van der Waals surface area contributed by atoms with Crippen LogP contribution in [0.5, 0.6) is 5.75 Å². The Morgan fingerprint density at radius 2 is 2.03 bits per heavy atom. The average molecular weight is 449 g/mol. The molecule has 7 nitrogen and oxygen atoms in total. The van der Waals surface area contributed by atoms with Gasteiger partial charge in [0.1, 0.15) is 29.2 Å². The van der Waals surface area contributed by atoms with Crippen LogP contribution in [0, 0.1) is 11.6 Å². The minimum Gasteiger partial charge on any atom is -0.496 e. The van der Waals surface area contributed by atoms with Crippen molar-refractivity contribution < 1.29 is 23.4 Å². The summed E-state index contributed by atoms with van der Waals surface area (Å²) in [5, 5.41) is 9.58. The number of fused-ring (bicyclic) bond motifs is 1. The Balaban J connectivity index is 1.86. The number of nitrogens with zero attached hydrogens (tertiary/aromatic N) is 4. The molecular formula is C21H19ClF2N4O3. The third-order valence-electron chi connectivity index (χ3n) is 5.42. The molecule has 0 bridgehead atoms. The summed E-state index contributed by atoms with van der Waals surface area (Å²) in [5.41, 5.74) is -0.238. The molecule has 1 aliphatic heterocycles. The van der Waals surface area contributed by atoms with Crippen LogP contribution in [-0.4, -0.2) is 58.9 Å². The summed E-state index contributed by atoms with van der Waals surface area (Å²) in [6.07, 6.45) is 0.240. The molecule has 0 aliphatic carbocycles. The number of rotatable bonds is 3. The van der Waals surface area contributed by atoms with E-state index in [0.717, 1.165) is 0 Å². The number of carbonyl (C=O) groups is 1. The van der Waals surface area contributed by atoms with Crippen molar-refractivity contribution >= 4 is 34.4 Å². The third kappa shape index (κ3) is 3.59. The van der Waals surface area contributed by atoms with Gasteiger partial charge in [-0.05, 0) is 25.1 Å². The number of aromatic nitrogens is 2. The highest BCUT2D eigenvalue weighted by Gasteiger charge is 2.30. The predicted molar refractivity (Wildman–Crippen MR) is 113 cm³/mol. The Morgan fingerprint density at radius 3 is 2.71 bits per heavy atom. The predicted octanol–water partition coefficient (Wildman–Crippen LogP) is 4.43. The molecule has 1 aromatic heterocycles. The maximum atomic E-state index is 15.6. The van der Waals surface area contributed by atoms with Crippen molar-refractivity contribution in [3.05, 3.63) is 47.2 Å². The summed E-state index contributed by atoms with van der Waals surface area (Å²) in [4.78, 5) is 22.9. The van der Waals surface area contributed by atoms with E-state index < -0.39 is 17.7 Å². The molecule has 0 radical (unpaired) electrons. The summed E-state index contributed by atoms with van der Waals surface area (Å²) in [6.45, 7) is 2.80. The van der Waals surface area contributed by atoms with Gasteiger partial charge in [0, 0.05) is 36.6 Å². The van der Waals surface area contributed by atoms with E-state index in [1.807, 2.05) is 11.8 Å². The third-order valence-corrected chi connectivity index (χ3v) is 5.71. The second kappa shape index (κ2) is 8.14. The maximum absolute atomic E-state index is 15.6. The van der Waals surface area contributed by atoms with Gasteiger partial charge < -0.3 is 19.6 Å². The van der Waals surface area contributed by atoms with Gasteiger partial charge in [0.2, 0.25) is 0 Å². The average Bonchev–Trinajstić information content (AvgIpc) is 2.74. The number of methoxy groups -OCH3 is 1. The van der Waals surface area contributed by atoms with Crippen molar-refractivity contribution in [1.82, 2.24) is 14.9 Å². The van der Waals surface area contributed by atoms with Crippen molar-refractivity contribution in [3.63, 3.8) is 0 Å². The molecule has 10 heteroatoms. The van der Waals surface area contributed by atoms with Crippen molar-refractivity contribution in [1.29, 1.82) is 0 Å². The zero-order valence-electron chi connectivity index (χ0n) is 16.8. The number of carboxylic acid groups (broad SMARTS) is 1. The van der Waals surface area contributed by atoms with E-state index in [1.54, 1.807) is 0 Å². The van der Waals surface area contributed by atoms with Gasteiger partial charge in [-0.3, -0.25) is 0 Å². The van der Waals surface area contributed by atoms with Crippen LogP contribution in [0.2, 0.25) is 5.02 Å². The molecule has 0 spiro atoms. The zero-order valence-corrected chi connectivity index (χ0v) is 17.5. The van der Waals surface area contributed by atoms with E-state index in [2.05, 4.69) is 9.97 Å². The lowest BCUT2D eigenvalue weighted by atomic mass is 10.0. The number of anilines is 1. The van der Waals surface area contributed by atoms with Gasteiger partial charge in [-0.1, -0.05) is 17.7 Å². The van der Waals surface area contributed by atoms with Gasteiger partial charge >= 0.3 is 6.09 Å². The highest BCUT2D eigenvalue weighted by atomic mass is 35.5. The van der Waals surface area contributed by atoms with Gasteiger partial charge in [-0.25, -0.2) is 23.5 Å². The molecule has 0 unspecified atom stereocenters. The van der Waals surface area contributed by atoms with E-state index in [-0.39, 0.29) is 46.5 Å². The Kier molecular flexibility index (Phi) is 5.53. The number of hydrogen-bond acceptors (Lipinski definition) is 5. The van der Waals surface area contributed by atoms with Crippen molar-refractivity contribution in [2.24, 2.45) is 0 Å². The molecular weight excluding hydrogens is 430 g/mol. The van der Waals surface area contributed by atoms with Gasteiger partial charge in [0.05, 0.1) is 17.7 Å². The number of benzene rings is 2. The van der Waals surface area contributed by atoms with Crippen LogP contribution < -0.4 is 9.64 Å². The highest BCUT2D eigenvalue weighted by molar-refractivity contribution is 6.34. The molecule has 0 saturated carbocycles. The molecule has 1 N–H and O–H groups in total. The van der Waals surface area contributed by atoms with Gasteiger partial charge in [0.25, 0.3) is 0 Å². The normalized spacial score (nSPS) is 16.6. The van der Waals surface area contributed by atoms with E-state index in [9.17, 15) is 14.3 Å². The second-order valence-corrected chi connectivity index (χ2v) is 7.64. The van der Waals surface area contributed by atoms with Crippen LogP contribution in [0.4, 0.5) is 19.4 Å². The van der Waals surface area contributed by atoms with Crippen LogP contribution in [0.3, 0.4) is 0 Å². The molecule has 2 heterocycles. The molecule has 4 rings (SSSR count). The standard InChI is InChI=1S/C21H19ClF2N4O3/c1-11-9-27(21(29)30)6-7-28(11)20-12-8-13(22)16(18(24)19(12)25-10-26-20)17-14(23)4-3-5-15(17)31-2/h3-5,8,10-11H,6-7,9H2,1-2H3,(H,29,30)/t11-/m0/s1. The SMILES string of the molecule is COc1cccc(F)c1-c1c(Cl)cc2c(N3CCN(C(=O)O)C[C@@H]3C)ncnc2c1F. The fraction of sp³-hybridized carbons (Fsp3) is 0.286. The van der Waals surface area contributed by atoms with Gasteiger partial charge in [-0.2, -0.15) is 0 Å². The molecule has 1 aliphatic rings. The van der Waals surface area contributed by atoms with Crippen molar-refractivity contribution in [2.45, 2.75) is 13.0 Å². The monoisotopic (exact) mass is 448 g/mol. The summed E-state index contributed by atoms with van der Waals surface area (Å²) < 4.78 is 35.4. The molecule has 2 aromatic carbocycles. The Labute approximate surface area is 181 Å². The number of hydrogen-bond donors (Lipinski definition) is 1. The zero-order chi connectivity index (χ0) is 22.3. The topological polar surface area (TPSA) is 78.8 Å². The lowest BCUT2D eigenvalue weighted by molar-refractivity contribution is 0.136. The minimum absolute atomic E-state index is 0.0115. The molecule has 31 heavy (non-hydrogen) atoms. The van der Waals surface area contributed by atoms with E-state index in [1.165, 1.54) is 42.6 Å². The molecule has 1 atom stereocenters. The summed E-state index contributed by atoms with van der Waals surface area (Å²) in [5.74, 6) is -0.873. The minimum atomic E-state index is -0.989. The van der Waals surface area contributed by atoms with Crippen LogP contribution in [0.15, 0.2) is 30.6 Å². The summed E-state index contributed by atoms with van der Waals surface area (Å²) in [6, 6.07) is 5.49. The number of halogens is 3. The Bertz CT molecular complexity index is 1180. The smallest absolute Gasteiger partial charge is 0.407 e. The van der Waals surface area contributed by atoms with Gasteiger partial charge in [-0.15, -0.1) is 0 Å². The fourth-order valence-electron chi connectivity index (χ4n) is 3.94. The first-order valence-electron chi connectivity index (χ1n) is 9.53. The number of ether oxygens (including phenoxy) is 1. The van der Waals surface area contributed by atoms with Crippen LogP contribution >= 0.6 is 11.6 Å². The van der Waals surface area contributed by atoms with Gasteiger partial charge in [0.15, 0.2) is 5.82 Å². The summed E-state index contributed by atoms with van der Waals surface area (Å²) >= 11 is 6.43. The molecule has 162 valence electrons.